The third-order valence-electron chi connectivity index (χ3n) is 3.54. The smallest absolute Gasteiger partial charge is 0.226 e. The molecule has 8 heteroatoms. The van der Waals surface area contributed by atoms with E-state index in [0.29, 0.717) is 28.1 Å². The fourth-order valence-corrected chi connectivity index (χ4v) is 2.37. The van der Waals surface area contributed by atoms with Gasteiger partial charge < -0.3 is 21.1 Å². The van der Waals surface area contributed by atoms with Crippen LogP contribution in [-0.4, -0.2) is 35.5 Å². The van der Waals surface area contributed by atoms with Gasteiger partial charge >= 0.3 is 0 Å². The molecule has 0 spiro atoms. The van der Waals surface area contributed by atoms with Gasteiger partial charge in [-0.1, -0.05) is 17.7 Å². The van der Waals surface area contributed by atoms with Crippen molar-refractivity contribution < 1.29 is 4.74 Å². The number of nitrogens with one attached hydrogen (secondary N) is 3. The molecule has 1 aliphatic rings. The average Bonchev–Trinajstić information content (AvgIpc) is 2.45. The molecule has 1 aromatic carbocycles. The minimum Gasteiger partial charge on any atom is -0.439 e. The maximum absolute atomic E-state index is 8.19. The second-order valence-electron chi connectivity index (χ2n) is 5.28. The van der Waals surface area contributed by atoms with Crippen molar-refractivity contribution in [3.8, 4) is 5.75 Å². The number of ether oxygens (including phenoxy) is 1. The molecule has 120 valence electrons. The van der Waals surface area contributed by atoms with Crippen LogP contribution >= 0.6 is 11.6 Å². The molecule has 3 rings (SSSR count). The van der Waals surface area contributed by atoms with Gasteiger partial charge in [0.25, 0.3) is 0 Å². The van der Waals surface area contributed by atoms with Crippen LogP contribution in [0.5, 0.6) is 5.75 Å². The Kier molecular flexibility index (Phi) is 4.59. The van der Waals surface area contributed by atoms with E-state index < -0.39 is 0 Å². The number of hydrogen-bond donors (Lipinski definition) is 4. The van der Waals surface area contributed by atoms with Crippen LogP contribution in [0, 0.1) is 11.3 Å². The lowest BCUT2D eigenvalue weighted by Crippen LogP contribution is -2.45. The Labute approximate surface area is 138 Å². The Morgan fingerprint density at radius 2 is 2.26 bits per heavy atom. The molecule has 1 aliphatic heterocycles. The molecule has 0 atom stereocenters. The lowest BCUT2D eigenvalue weighted by atomic mass is 10.0. The van der Waals surface area contributed by atoms with Crippen molar-refractivity contribution in [2.45, 2.75) is 0 Å². The lowest BCUT2D eigenvalue weighted by molar-refractivity contribution is 0.365. The molecule has 0 radical (unpaired) electrons. The first-order valence-electron chi connectivity index (χ1n) is 7.21. The minimum absolute atomic E-state index is 0.125. The van der Waals surface area contributed by atoms with Crippen LogP contribution in [0.15, 0.2) is 30.6 Å². The van der Waals surface area contributed by atoms with E-state index in [1.165, 1.54) is 6.33 Å². The summed E-state index contributed by atoms with van der Waals surface area (Å²) in [5.41, 5.74) is 6.26. The normalized spacial score (nSPS) is 14.1. The van der Waals surface area contributed by atoms with Gasteiger partial charge in [-0.05, 0) is 18.2 Å². The average molecular weight is 333 g/mol. The fourth-order valence-electron chi connectivity index (χ4n) is 2.19. The molecule has 0 bridgehead atoms. The molecule has 23 heavy (non-hydrogen) atoms. The van der Waals surface area contributed by atoms with Crippen molar-refractivity contribution in [3.05, 3.63) is 41.2 Å². The van der Waals surface area contributed by atoms with Gasteiger partial charge in [0.15, 0.2) is 0 Å². The summed E-state index contributed by atoms with van der Waals surface area (Å²) < 4.78 is 5.54. The predicted octanol–water partition coefficient (Wildman–Crippen LogP) is 1.75. The second kappa shape index (κ2) is 6.80. The summed E-state index contributed by atoms with van der Waals surface area (Å²) in [5, 5.41) is 15.1. The van der Waals surface area contributed by atoms with Gasteiger partial charge in [-0.25, -0.2) is 9.97 Å². The van der Waals surface area contributed by atoms with E-state index >= 15 is 0 Å². The summed E-state index contributed by atoms with van der Waals surface area (Å²) >= 11 is 5.93. The fraction of sp³-hybridized carbons (Fsp3) is 0.267. The summed E-state index contributed by atoms with van der Waals surface area (Å²) in [7, 11) is 0. The summed E-state index contributed by atoms with van der Waals surface area (Å²) in [5.74, 6) is 1.57. The standard InChI is InChI=1S/C15H17ClN6O/c16-10-2-1-3-11(4-10)23-14(18)12-13(17)21-8-22-15(12)20-7-9-5-19-6-9/h1-4,8-9,18-19H,5-7H2,(H3,17,20,21,22). The van der Waals surface area contributed by atoms with E-state index in [4.69, 9.17) is 27.5 Å². The summed E-state index contributed by atoms with van der Waals surface area (Å²) in [6.45, 7) is 2.69. The number of nitrogen functional groups attached to an aromatic ring is 1. The molecule has 0 amide bonds. The number of nitrogens with zero attached hydrogens (tertiary/aromatic N) is 2. The Balaban J connectivity index is 1.78. The monoisotopic (exact) mass is 332 g/mol. The van der Waals surface area contributed by atoms with Crippen molar-refractivity contribution in [2.24, 2.45) is 5.92 Å². The van der Waals surface area contributed by atoms with Crippen molar-refractivity contribution in [1.29, 1.82) is 5.41 Å². The van der Waals surface area contributed by atoms with Crippen molar-refractivity contribution in [1.82, 2.24) is 15.3 Å². The second-order valence-corrected chi connectivity index (χ2v) is 5.71. The number of benzene rings is 1. The van der Waals surface area contributed by atoms with E-state index in [9.17, 15) is 0 Å². The van der Waals surface area contributed by atoms with E-state index in [1.54, 1.807) is 24.3 Å². The van der Waals surface area contributed by atoms with E-state index in [2.05, 4.69) is 20.6 Å². The van der Waals surface area contributed by atoms with Crippen LogP contribution in [-0.2, 0) is 0 Å². The highest BCUT2D eigenvalue weighted by Gasteiger charge is 2.20. The molecular formula is C15H17ClN6O. The molecule has 1 fully saturated rings. The SMILES string of the molecule is N=C(Oc1cccc(Cl)c1)c1c(N)ncnc1NCC1CNC1. The zero-order valence-electron chi connectivity index (χ0n) is 12.3. The zero-order valence-corrected chi connectivity index (χ0v) is 13.1. The Hall–Kier alpha value is -2.38. The first-order chi connectivity index (χ1) is 11.1. The Bertz CT molecular complexity index is 719. The van der Waals surface area contributed by atoms with E-state index in [0.717, 1.165) is 19.6 Å². The minimum atomic E-state index is -0.125. The first kappa shape index (κ1) is 15.5. The van der Waals surface area contributed by atoms with Gasteiger partial charge in [0.1, 0.15) is 29.3 Å². The Morgan fingerprint density at radius 1 is 1.43 bits per heavy atom. The zero-order chi connectivity index (χ0) is 16.2. The summed E-state index contributed by atoms with van der Waals surface area (Å²) in [6, 6.07) is 6.83. The van der Waals surface area contributed by atoms with E-state index in [1.807, 2.05) is 0 Å². The van der Waals surface area contributed by atoms with Gasteiger partial charge in [0.2, 0.25) is 5.90 Å². The topological polar surface area (TPSA) is 109 Å². The van der Waals surface area contributed by atoms with Gasteiger partial charge in [-0.2, -0.15) is 0 Å². The lowest BCUT2D eigenvalue weighted by Gasteiger charge is -2.27. The largest absolute Gasteiger partial charge is 0.439 e. The van der Waals surface area contributed by atoms with Crippen LogP contribution in [0.4, 0.5) is 11.6 Å². The predicted molar refractivity (Wildman–Crippen MR) is 90.2 cm³/mol. The van der Waals surface area contributed by atoms with Gasteiger partial charge in [-0.3, -0.25) is 5.41 Å². The number of rotatable bonds is 5. The highest BCUT2D eigenvalue weighted by molar-refractivity contribution is 6.30. The Morgan fingerprint density at radius 3 is 2.96 bits per heavy atom. The molecule has 2 aromatic rings. The van der Waals surface area contributed by atoms with Crippen LogP contribution < -0.4 is 21.1 Å². The van der Waals surface area contributed by atoms with Crippen molar-refractivity contribution in [2.75, 3.05) is 30.7 Å². The number of anilines is 2. The first-order valence-corrected chi connectivity index (χ1v) is 7.58. The van der Waals surface area contributed by atoms with Crippen LogP contribution in [0.25, 0.3) is 0 Å². The molecule has 7 nitrogen and oxygen atoms in total. The van der Waals surface area contributed by atoms with Gasteiger partial charge in [0.05, 0.1) is 0 Å². The number of nitrogens with two attached hydrogens (primary N) is 1. The summed E-state index contributed by atoms with van der Waals surface area (Å²) in [4.78, 5) is 8.13. The maximum atomic E-state index is 8.19. The van der Waals surface area contributed by atoms with Crippen LogP contribution in [0.3, 0.4) is 0 Å². The highest BCUT2D eigenvalue weighted by atomic mass is 35.5. The van der Waals surface area contributed by atoms with Crippen LogP contribution in [0.1, 0.15) is 5.56 Å². The number of aromatic nitrogens is 2. The molecular weight excluding hydrogens is 316 g/mol. The molecule has 2 heterocycles. The molecule has 1 aromatic heterocycles. The molecule has 0 aliphatic carbocycles. The van der Waals surface area contributed by atoms with Crippen molar-refractivity contribution >= 4 is 29.1 Å². The molecule has 1 saturated heterocycles. The number of hydrogen-bond acceptors (Lipinski definition) is 7. The summed E-state index contributed by atoms with van der Waals surface area (Å²) in [6.07, 6.45) is 1.37. The van der Waals surface area contributed by atoms with E-state index in [-0.39, 0.29) is 11.7 Å². The molecule has 0 unspecified atom stereocenters. The highest BCUT2D eigenvalue weighted by Crippen LogP contribution is 2.23. The molecule has 5 N–H and O–H groups in total. The third-order valence-corrected chi connectivity index (χ3v) is 3.78. The molecule has 0 saturated carbocycles. The van der Waals surface area contributed by atoms with Crippen LogP contribution in [0.2, 0.25) is 5.02 Å². The third kappa shape index (κ3) is 3.69. The quantitative estimate of drug-likeness (QED) is 0.490. The number of halogens is 1. The maximum Gasteiger partial charge on any atom is 0.226 e. The van der Waals surface area contributed by atoms with Gasteiger partial charge in [-0.15, -0.1) is 0 Å². The van der Waals surface area contributed by atoms with Crippen molar-refractivity contribution in [3.63, 3.8) is 0 Å². The van der Waals surface area contributed by atoms with Gasteiger partial charge in [0, 0.05) is 30.6 Å².